The molecule has 0 unspecified atom stereocenters. The van der Waals surface area contributed by atoms with Gasteiger partial charge in [0.25, 0.3) is 0 Å². The second kappa shape index (κ2) is 13.1. The van der Waals surface area contributed by atoms with Crippen LogP contribution in [0.25, 0.3) is 0 Å². The number of Topliss-reactive ketones (excluding diaryl/α,β-unsaturated/α-hetero) is 1. The lowest BCUT2D eigenvalue weighted by Gasteiger charge is -2.44. The summed E-state index contributed by atoms with van der Waals surface area (Å²) in [6.07, 6.45) is -1.75. The molecule has 1 aliphatic carbocycles. The van der Waals surface area contributed by atoms with E-state index in [2.05, 4.69) is 4.98 Å². The molecular formula is C34H32F3N3O6. The van der Waals surface area contributed by atoms with Gasteiger partial charge in [0.05, 0.1) is 37.4 Å². The first-order valence-electron chi connectivity index (χ1n) is 14.6. The van der Waals surface area contributed by atoms with Gasteiger partial charge >= 0.3 is 18.1 Å². The van der Waals surface area contributed by atoms with Gasteiger partial charge in [-0.3, -0.25) is 19.5 Å². The molecule has 2 aliphatic rings. The molecule has 0 spiro atoms. The predicted octanol–water partition coefficient (Wildman–Crippen LogP) is 5.64. The second-order valence-electron chi connectivity index (χ2n) is 10.7. The van der Waals surface area contributed by atoms with E-state index in [1.807, 2.05) is 0 Å². The maximum atomic E-state index is 14.8. The highest BCUT2D eigenvalue weighted by atomic mass is 19.4. The first-order valence-corrected chi connectivity index (χ1v) is 14.6. The van der Waals surface area contributed by atoms with Crippen molar-refractivity contribution in [3.63, 3.8) is 0 Å². The van der Waals surface area contributed by atoms with Crippen LogP contribution in [-0.2, 0) is 30.0 Å². The zero-order valence-electron chi connectivity index (χ0n) is 25.3. The van der Waals surface area contributed by atoms with Gasteiger partial charge in [-0.25, -0.2) is 4.79 Å². The van der Waals surface area contributed by atoms with Crippen LogP contribution in [0.5, 0.6) is 5.75 Å². The van der Waals surface area contributed by atoms with E-state index >= 15 is 0 Å². The summed E-state index contributed by atoms with van der Waals surface area (Å²) in [5, 5.41) is 0. The molecule has 46 heavy (non-hydrogen) atoms. The van der Waals surface area contributed by atoms with Crippen LogP contribution in [0, 0.1) is 5.92 Å². The van der Waals surface area contributed by atoms with Crippen molar-refractivity contribution in [3.05, 3.63) is 112 Å². The maximum absolute atomic E-state index is 14.8. The molecule has 1 aliphatic heterocycles. The van der Waals surface area contributed by atoms with Crippen molar-refractivity contribution in [2.45, 2.75) is 38.3 Å². The Hall–Kier alpha value is -5.13. The highest BCUT2D eigenvalue weighted by Crippen LogP contribution is 2.52. The van der Waals surface area contributed by atoms with E-state index in [-0.39, 0.29) is 48.0 Å². The Morgan fingerprint density at radius 1 is 1.00 bits per heavy atom. The van der Waals surface area contributed by atoms with Gasteiger partial charge in [-0.1, -0.05) is 24.3 Å². The smallest absolute Gasteiger partial charge is 0.416 e. The minimum absolute atomic E-state index is 0.00265. The number of aromatic nitrogens is 1. The number of hydrogen-bond donors (Lipinski definition) is 1. The predicted molar refractivity (Wildman–Crippen MR) is 161 cm³/mol. The van der Waals surface area contributed by atoms with Crippen molar-refractivity contribution in [2.24, 2.45) is 11.7 Å². The van der Waals surface area contributed by atoms with Gasteiger partial charge < -0.3 is 19.9 Å². The van der Waals surface area contributed by atoms with E-state index in [0.29, 0.717) is 16.9 Å². The molecule has 2 heterocycles. The summed E-state index contributed by atoms with van der Waals surface area (Å²) < 4.78 is 57.9. The molecule has 2 N–H and O–H groups in total. The standard InChI is InChI=1S/C34H32F3N3O6/c1-4-45-32(42)27-24(19-9-6-13-23(15-19)44-3)17-25-28(30(27)41)26(20-10-8-14-39-18-20)29(33(43)46-5-2)31(38)40(25)22-12-7-11-21(16-22)34(35,36)37/h6-16,18,24,26-27H,4-5,17,38H2,1-3H3/t24-,26+,27+/m0/s1. The monoisotopic (exact) mass is 635 g/mol. The van der Waals surface area contributed by atoms with Gasteiger partial charge in [-0.2, -0.15) is 13.2 Å². The van der Waals surface area contributed by atoms with Crippen molar-refractivity contribution >= 4 is 23.4 Å². The van der Waals surface area contributed by atoms with Gasteiger partial charge in [0.15, 0.2) is 5.78 Å². The van der Waals surface area contributed by atoms with Crippen molar-refractivity contribution < 1.29 is 41.8 Å². The molecule has 3 atom stereocenters. The first kappa shape index (κ1) is 32.3. The van der Waals surface area contributed by atoms with Crippen LogP contribution in [-0.4, -0.2) is 43.0 Å². The average Bonchev–Trinajstić information content (AvgIpc) is 3.04. The highest BCUT2D eigenvalue weighted by molar-refractivity contribution is 6.14. The normalized spacial score (nSPS) is 19.9. The molecule has 5 rings (SSSR count). The van der Waals surface area contributed by atoms with Crippen LogP contribution in [0.15, 0.2) is 95.7 Å². The number of ether oxygens (including phenoxy) is 3. The summed E-state index contributed by atoms with van der Waals surface area (Å²) >= 11 is 0. The third-order valence-electron chi connectivity index (χ3n) is 8.05. The molecule has 0 radical (unpaired) electrons. The number of carbonyl (C=O) groups excluding carboxylic acids is 3. The summed E-state index contributed by atoms with van der Waals surface area (Å²) in [6, 6.07) is 14.5. The molecule has 0 amide bonds. The van der Waals surface area contributed by atoms with Gasteiger partial charge in [-0.05, 0) is 67.8 Å². The largest absolute Gasteiger partial charge is 0.497 e. The minimum atomic E-state index is -4.69. The molecule has 3 aromatic rings. The van der Waals surface area contributed by atoms with Crippen LogP contribution < -0.4 is 15.4 Å². The Labute approximate surface area is 263 Å². The Bertz CT molecular complexity index is 1720. The van der Waals surface area contributed by atoms with Crippen LogP contribution in [0.3, 0.4) is 0 Å². The molecule has 2 aromatic carbocycles. The number of carbonyl (C=O) groups is 3. The Morgan fingerprint density at radius 2 is 1.72 bits per heavy atom. The number of allylic oxidation sites excluding steroid dienone is 2. The van der Waals surface area contributed by atoms with E-state index in [0.717, 1.165) is 12.1 Å². The third-order valence-corrected chi connectivity index (χ3v) is 8.05. The summed E-state index contributed by atoms with van der Waals surface area (Å²) in [5.74, 6) is -5.35. The van der Waals surface area contributed by atoms with Gasteiger partial charge in [0.2, 0.25) is 0 Å². The van der Waals surface area contributed by atoms with Crippen LogP contribution in [0.2, 0.25) is 0 Å². The summed E-state index contributed by atoms with van der Waals surface area (Å²) in [5.41, 5.74) is 6.81. The number of anilines is 1. The number of benzene rings is 2. The minimum Gasteiger partial charge on any atom is -0.497 e. The van der Waals surface area contributed by atoms with E-state index in [1.165, 1.54) is 36.5 Å². The molecule has 0 saturated heterocycles. The quantitative estimate of drug-likeness (QED) is 0.248. The van der Waals surface area contributed by atoms with Crippen molar-refractivity contribution in [2.75, 3.05) is 25.2 Å². The van der Waals surface area contributed by atoms with Gasteiger partial charge in [-0.15, -0.1) is 0 Å². The van der Waals surface area contributed by atoms with Crippen LogP contribution in [0.1, 0.15) is 48.8 Å². The number of nitrogens with two attached hydrogens (primary N) is 1. The van der Waals surface area contributed by atoms with Gasteiger partial charge in [0.1, 0.15) is 17.5 Å². The summed E-state index contributed by atoms with van der Waals surface area (Å²) in [4.78, 5) is 47.5. The molecule has 0 fully saturated rings. The number of methoxy groups -OCH3 is 1. The number of nitrogens with zero attached hydrogens (tertiary/aromatic N) is 2. The molecular weight excluding hydrogens is 603 g/mol. The molecule has 12 heteroatoms. The number of esters is 2. The van der Waals surface area contributed by atoms with Gasteiger partial charge in [0, 0.05) is 35.3 Å². The number of pyridine rings is 1. The van der Waals surface area contributed by atoms with Crippen molar-refractivity contribution in [3.8, 4) is 5.75 Å². The zero-order valence-corrected chi connectivity index (χ0v) is 25.3. The molecule has 1 aromatic heterocycles. The number of alkyl halides is 3. The fourth-order valence-electron chi connectivity index (χ4n) is 6.12. The average molecular weight is 636 g/mol. The lowest BCUT2D eigenvalue weighted by Crippen LogP contribution is -2.46. The van der Waals surface area contributed by atoms with Crippen molar-refractivity contribution in [1.29, 1.82) is 0 Å². The van der Waals surface area contributed by atoms with Crippen molar-refractivity contribution in [1.82, 2.24) is 4.98 Å². The lowest BCUT2D eigenvalue weighted by molar-refractivity contribution is -0.152. The number of rotatable bonds is 8. The van der Waals surface area contributed by atoms with Crippen LogP contribution >= 0.6 is 0 Å². The molecule has 240 valence electrons. The fourth-order valence-corrected chi connectivity index (χ4v) is 6.12. The summed E-state index contributed by atoms with van der Waals surface area (Å²) in [6.45, 7) is 3.17. The SMILES string of the molecule is CCOC(=O)C1=C(N)N(c2cccc(C(F)(F)F)c2)C2=C(C(=O)[C@H](C(=O)OCC)[C@H](c3cccc(OC)c3)C2)[C@H]1c1cccnc1. The zero-order chi connectivity index (χ0) is 33.2. The number of halogens is 3. The lowest BCUT2D eigenvalue weighted by atomic mass is 9.67. The first-order chi connectivity index (χ1) is 22.0. The number of hydrogen-bond acceptors (Lipinski definition) is 9. The topological polar surface area (TPSA) is 121 Å². The van der Waals surface area contributed by atoms with E-state index in [1.54, 1.807) is 50.2 Å². The van der Waals surface area contributed by atoms with E-state index in [9.17, 15) is 27.6 Å². The Kier molecular flexibility index (Phi) is 9.17. The molecule has 9 nitrogen and oxygen atoms in total. The fraction of sp³-hybridized carbons (Fsp3) is 0.294. The van der Waals surface area contributed by atoms with E-state index < -0.39 is 47.2 Å². The Morgan fingerprint density at radius 3 is 2.37 bits per heavy atom. The Balaban J connectivity index is 1.84. The number of ketones is 1. The van der Waals surface area contributed by atoms with Crippen LogP contribution in [0.4, 0.5) is 18.9 Å². The van der Waals surface area contributed by atoms with E-state index in [4.69, 9.17) is 19.9 Å². The molecule has 0 bridgehead atoms. The maximum Gasteiger partial charge on any atom is 0.416 e. The second-order valence-corrected chi connectivity index (χ2v) is 10.7. The molecule has 0 saturated carbocycles. The highest BCUT2D eigenvalue weighted by Gasteiger charge is 2.51. The summed E-state index contributed by atoms with van der Waals surface area (Å²) in [7, 11) is 1.48. The third kappa shape index (κ3) is 5.94.